The largest absolute Gasteiger partial charge is 0.469 e. The molecule has 0 heterocycles. The van der Waals surface area contributed by atoms with E-state index in [1.54, 1.807) is 6.92 Å². The summed E-state index contributed by atoms with van der Waals surface area (Å²) < 4.78 is 30.5. The third kappa shape index (κ3) is 2.69. The van der Waals surface area contributed by atoms with Gasteiger partial charge in [-0.25, -0.2) is 13.1 Å². The standard InChI is InChI=1S/C9H17NO4S/c1-3-10-15(12,13)8-6-4-5-7(8)9(11)14-2/h7-8,10H,3-6H2,1-2H3. The number of hydrogen-bond acceptors (Lipinski definition) is 4. The quantitative estimate of drug-likeness (QED) is 0.710. The lowest BCUT2D eigenvalue weighted by Crippen LogP contribution is -2.39. The van der Waals surface area contributed by atoms with E-state index in [4.69, 9.17) is 0 Å². The van der Waals surface area contributed by atoms with Gasteiger partial charge in [0.15, 0.2) is 0 Å². The van der Waals surface area contributed by atoms with Gasteiger partial charge in [-0.3, -0.25) is 4.79 Å². The number of ether oxygens (including phenoxy) is 1. The fourth-order valence-electron chi connectivity index (χ4n) is 2.03. The van der Waals surface area contributed by atoms with E-state index >= 15 is 0 Å². The molecule has 0 radical (unpaired) electrons. The van der Waals surface area contributed by atoms with Crippen molar-refractivity contribution < 1.29 is 17.9 Å². The molecule has 15 heavy (non-hydrogen) atoms. The van der Waals surface area contributed by atoms with Crippen molar-refractivity contribution in [3.8, 4) is 0 Å². The first-order valence-electron chi connectivity index (χ1n) is 5.09. The second-order valence-corrected chi connectivity index (χ2v) is 5.63. The number of carbonyl (C=O) groups excluding carboxylic acids is 1. The number of nitrogens with one attached hydrogen (secondary N) is 1. The second-order valence-electron chi connectivity index (χ2n) is 3.64. The number of esters is 1. The minimum atomic E-state index is -3.37. The van der Waals surface area contributed by atoms with Crippen molar-refractivity contribution in [2.24, 2.45) is 5.92 Å². The van der Waals surface area contributed by atoms with Crippen LogP contribution in [0, 0.1) is 5.92 Å². The van der Waals surface area contributed by atoms with Gasteiger partial charge in [-0.2, -0.15) is 0 Å². The average molecular weight is 235 g/mol. The minimum absolute atomic E-state index is 0.354. The Morgan fingerprint density at radius 3 is 2.67 bits per heavy atom. The number of sulfonamides is 1. The summed E-state index contributed by atoms with van der Waals surface area (Å²) in [7, 11) is -2.08. The molecule has 2 unspecified atom stereocenters. The van der Waals surface area contributed by atoms with Gasteiger partial charge in [-0.05, 0) is 12.8 Å². The highest BCUT2D eigenvalue weighted by Crippen LogP contribution is 2.31. The third-order valence-electron chi connectivity index (χ3n) is 2.70. The van der Waals surface area contributed by atoms with E-state index in [-0.39, 0.29) is 0 Å². The molecule has 1 aliphatic rings. The van der Waals surface area contributed by atoms with E-state index < -0.39 is 27.2 Å². The predicted molar refractivity (Wildman–Crippen MR) is 55.7 cm³/mol. The minimum Gasteiger partial charge on any atom is -0.469 e. The molecule has 1 saturated carbocycles. The third-order valence-corrected chi connectivity index (χ3v) is 4.75. The van der Waals surface area contributed by atoms with Crippen LogP contribution in [0.15, 0.2) is 0 Å². The van der Waals surface area contributed by atoms with Crippen LogP contribution in [0.3, 0.4) is 0 Å². The fourth-order valence-corrected chi connectivity index (χ4v) is 3.80. The molecule has 1 N–H and O–H groups in total. The molecule has 1 aliphatic carbocycles. The molecule has 6 heteroatoms. The normalized spacial score (nSPS) is 26.5. The Bertz CT molecular complexity index is 325. The highest BCUT2D eigenvalue weighted by Gasteiger charge is 2.41. The van der Waals surface area contributed by atoms with E-state index in [0.717, 1.165) is 6.42 Å². The monoisotopic (exact) mass is 235 g/mol. The Hall–Kier alpha value is -0.620. The molecule has 0 saturated heterocycles. The van der Waals surface area contributed by atoms with Crippen LogP contribution in [-0.4, -0.2) is 33.3 Å². The van der Waals surface area contributed by atoms with Crippen molar-refractivity contribution in [3.63, 3.8) is 0 Å². The zero-order valence-corrected chi connectivity index (χ0v) is 9.84. The van der Waals surface area contributed by atoms with Gasteiger partial charge >= 0.3 is 5.97 Å². The first-order valence-corrected chi connectivity index (χ1v) is 6.64. The first kappa shape index (κ1) is 12.4. The molecule has 0 bridgehead atoms. The van der Waals surface area contributed by atoms with Crippen LogP contribution < -0.4 is 4.72 Å². The van der Waals surface area contributed by atoms with E-state index in [1.807, 2.05) is 0 Å². The predicted octanol–water partition coefficient (Wildman–Crippen LogP) is 0.267. The van der Waals surface area contributed by atoms with Crippen molar-refractivity contribution in [2.45, 2.75) is 31.4 Å². The zero-order valence-electron chi connectivity index (χ0n) is 9.02. The summed E-state index contributed by atoms with van der Waals surface area (Å²) >= 11 is 0. The zero-order chi connectivity index (χ0) is 11.5. The second kappa shape index (κ2) is 4.94. The van der Waals surface area contributed by atoms with Crippen molar-refractivity contribution in [3.05, 3.63) is 0 Å². The van der Waals surface area contributed by atoms with E-state index in [9.17, 15) is 13.2 Å². The van der Waals surface area contributed by atoms with Crippen LogP contribution in [0.2, 0.25) is 0 Å². The molecule has 0 aromatic heterocycles. The van der Waals surface area contributed by atoms with E-state index in [1.165, 1.54) is 7.11 Å². The van der Waals surface area contributed by atoms with Crippen LogP contribution in [0.5, 0.6) is 0 Å². The van der Waals surface area contributed by atoms with Gasteiger partial charge in [-0.1, -0.05) is 13.3 Å². The lowest BCUT2D eigenvalue weighted by molar-refractivity contribution is -0.145. The van der Waals surface area contributed by atoms with Gasteiger partial charge < -0.3 is 4.74 Å². The van der Waals surface area contributed by atoms with Gasteiger partial charge in [0.1, 0.15) is 0 Å². The molecule has 2 atom stereocenters. The molecule has 88 valence electrons. The Balaban J connectivity index is 2.81. The maximum atomic E-state index is 11.7. The summed E-state index contributed by atoms with van der Waals surface area (Å²) in [6.45, 7) is 2.08. The molecule has 0 aliphatic heterocycles. The van der Waals surface area contributed by atoms with E-state index in [2.05, 4.69) is 9.46 Å². The molecule has 0 aromatic carbocycles. The highest BCUT2D eigenvalue weighted by atomic mass is 32.2. The van der Waals surface area contributed by atoms with Crippen LogP contribution in [-0.2, 0) is 19.6 Å². The fraction of sp³-hybridized carbons (Fsp3) is 0.889. The molecule has 0 amide bonds. The lowest BCUT2D eigenvalue weighted by Gasteiger charge is -2.17. The number of rotatable bonds is 4. The van der Waals surface area contributed by atoms with Crippen LogP contribution in [0.4, 0.5) is 0 Å². The van der Waals surface area contributed by atoms with Crippen molar-refractivity contribution in [1.82, 2.24) is 4.72 Å². The Morgan fingerprint density at radius 1 is 1.47 bits per heavy atom. The molecular formula is C9H17NO4S. The van der Waals surface area contributed by atoms with Gasteiger partial charge in [0.2, 0.25) is 10.0 Å². The molecule has 0 spiro atoms. The first-order chi connectivity index (χ1) is 7.03. The molecular weight excluding hydrogens is 218 g/mol. The molecule has 0 aromatic rings. The van der Waals surface area contributed by atoms with E-state index in [0.29, 0.717) is 19.4 Å². The van der Waals surface area contributed by atoms with Crippen molar-refractivity contribution in [1.29, 1.82) is 0 Å². The van der Waals surface area contributed by atoms with Crippen molar-refractivity contribution in [2.75, 3.05) is 13.7 Å². The Kier molecular flexibility index (Phi) is 4.10. The average Bonchev–Trinajstić information content (AvgIpc) is 2.65. The summed E-state index contributed by atoms with van der Waals surface area (Å²) in [5.41, 5.74) is 0. The number of carbonyl (C=O) groups is 1. The smallest absolute Gasteiger partial charge is 0.310 e. The summed E-state index contributed by atoms with van der Waals surface area (Å²) in [6.07, 6.45) is 1.89. The number of methoxy groups -OCH3 is 1. The van der Waals surface area contributed by atoms with Gasteiger partial charge in [0.25, 0.3) is 0 Å². The summed E-state index contributed by atoms with van der Waals surface area (Å²) in [5, 5.41) is -0.620. The topological polar surface area (TPSA) is 72.5 Å². The SMILES string of the molecule is CCNS(=O)(=O)C1CCCC1C(=O)OC. The molecule has 1 rings (SSSR count). The van der Waals surface area contributed by atoms with Crippen LogP contribution in [0.1, 0.15) is 26.2 Å². The van der Waals surface area contributed by atoms with Gasteiger partial charge in [0.05, 0.1) is 18.3 Å². The lowest BCUT2D eigenvalue weighted by atomic mass is 10.1. The molecule has 1 fully saturated rings. The van der Waals surface area contributed by atoms with Gasteiger partial charge in [0, 0.05) is 6.54 Å². The highest BCUT2D eigenvalue weighted by molar-refractivity contribution is 7.90. The summed E-state index contributed by atoms with van der Waals surface area (Å²) in [5.74, 6) is -0.918. The van der Waals surface area contributed by atoms with Crippen LogP contribution >= 0.6 is 0 Å². The van der Waals surface area contributed by atoms with Gasteiger partial charge in [-0.15, -0.1) is 0 Å². The Labute approximate surface area is 90.2 Å². The van der Waals surface area contributed by atoms with Crippen LogP contribution in [0.25, 0.3) is 0 Å². The number of hydrogen-bond donors (Lipinski definition) is 1. The molecule has 5 nitrogen and oxygen atoms in total. The maximum absolute atomic E-state index is 11.7. The summed E-state index contributed by atoms with van der Waals surface area (Å²) in [4.78, 5) is 11.4. The summed E-state index contributed by atoms with van der Waals surface area (Å²) in [6, 6.07) is 0. The van der Waals surface area contributed by atoms with Crippen molar-refractivity contribution >= 4 is 16.0 Å². The Morgan fingerprint density at radius 2 is 2.13 bits per heavy atom. The maximum Gasteiger partial charge on any atom is 0.310 e.